The average Bonchev–Trinajstić information content (AvgIpc) is 3.09. The van der Waals surface area contributed by atoms with Gasteiger partial charge in [0.25, 0.3) is 18.1 Å². The summed E-state index contributed by atoms with van der Waals surface area (Å²) in [5, 5.41) is 2.36. The Bertz CT molecular complexity index is 923. The van der Waals surface area contributed by atoms with Gasteiger partial charge >= 0.3 is 0 Å². The normalized spacial score (nSPS) is 10.9. The van der Waals surface area contributed by atoms with Crippen molar-refractivity contribution in [3.05, 3.63) is 65.9 Å². The van der Waals surface area contributed by atoms with Crippen molar-refractivity contribution < 1.29 is 23.1 Å². The van der Waals surface area contributed by atoms with Crippen LogP contribution >= 0.6 is 0 Å². The maximum atomic E-state index is 12.3. The number of halogens is 2. The van der Waals surface area contributed by atoms with E-state index < -0.39 is 24.7 Å². The Morgan fingerprint density at radius 3 is 2.58 bits per heavy atom. The monoisotopic (exact) mass is 358 g/mol. The molecule has 26 heavy (non-hydrogen) atoms. The summed E-state index contributed by atoms with van der Waals surface area (Å²) < 4.78 is 30.3. The van der Waals surface area contributed by atoms with Gasteiger partial charge in [-0.15, -0.1) is 0 Å². The van der Waals surface area contributed by atoms with Crippen molar-refractivity contribution in [2.45, 2.75) is 13.0 Å². The van der Waals surface area contributed by atoms with E-state index >= 15 is 0 Å². The lowest BCUT2D eigenvalue weighted by molar-refractivity contribution is -0.117. The minimum Gasteiger partial charge on any atom is -0.488 e. The largest absolute Gasteiger partial charge is 0.488 e. The number of benzene rings is 2. The highest BCUT2D eigenvalue weighted by Gasteiger charge is 2.22. The van der Waals surface area contributed by atoms with Gasteiger partial charge in [0, 0.05) is 11.7 Å². The Morgan fingerprint density at radius 2 is 1.85 bits per heavy atom. The van der Waals surface area contributed by atoms with Crippen molar-refractivity contribution in [1.82, 2.24) is 10.3 Å². The second kappa shape index (κ2) is 7.77. The van der Waals surface area contributed by atoms with Crippen molar-refractivity contribution in [1.29, 1.82) is 0 Å². The van der Waals surface area contributed by atoms with Crippen LogP contribution in [-0.4, -0.2) is 29.6 Å². The van der Waals surface area contributed by atoms with Crippen molar-refractivity contribution >= 4 is 22.6 Å². The molecule has 0 saturated heterocycles. The highest BCUT2D eigenvalue weighted by Crippen LogP contribution is 2.29. The number of carbonyl (C=O) groups is 2. The van der Waals surface area contributed by atoms with Gasteiger partial charge in [0.15, 0.2) is 0 Å². The van der Waals surface area contributed by atoms with Crippen LogP contribution in [0.25, 0.3) is 10.9 Å². The number of nitrogens with one attached hydrogen (secondary N) is 2. The van der Waals surface area contributed by atoms with E-state index in [0.29, 0.717) is 16.7 Å². The third-order valence-electron chi connectivity index (χ3n) is 3.77. The van der Waals surface area contributed by atoms with Crippen LogP contribution < -0.4 is 10.1 Å². The van der Waals surface area contributed by atoms with E-state index in [2.05, 4.69) is 4.98 Å². The number of amides is 1. The van der Waals surface area contributed by atoms with Crippen LogP contribution in [-0.2, 0) is 11.4 Å². The number of ether oxygens (including phenoxy) is 1. The van der Waals surface area contributed by atoms with Crippen LogP contribution in [0.1, 0.15) is 15.9 Å². The number of ketones is 1. The number of aromatic amines is 1. The Balaban J connectivity index is 1.85. The molecule has 3 aromatic rings. The van der Waals surface area contributed by atoms with Crippen molar-refractivity contribution in [2.24, 2.45) is 0 Å². The van der Waals surface area contributed by atoms with Crippen LogP contribution in [0.4, 0.5) is 8.78 Å². The molecule has 0 aliphatic carbocycles. The van der Waals surface area contributed by atoms with Gasteiger partial charge in [0.05, 0.1) is 17.5 Å². The lowest BCUT2D eigenvalue weighted by Gasteiger charge is -2.09. The second-order valence-electron chi connectivity index (χ2n) is 5.59. The number of carbonyl (C=O) groups excluding carboxylic acids is 2. The molecule has 134 valence electrons. The third-order valence-corrected chi connectivity index (χ3v) is 3.77. The SMILES string of the molecule is O=C(NCC(F)F)C(=O)c1c[nH]c2cccc(OCc3ccccc3)c12. The molecule has 5 nitrogen and oxygen atoms in total. The minimum atomic E-state index is -2.72. The third kappa shape index (κ3) is 3.88. The molecule has 0 atom stereocenters. The van der Waals surface area contributed by atoms with Gasteiger partial charge in [-0.3, -0.25) is 9.59 Å². The van der Waals surface area contributed by atoms with Gasteiger partial charge in [-0.25, -0.2) is 8.78 Å². The van der Waals surface area contributed by atoms with Crippen LogP contribution in [0.15, 0.2) is 54.7 Å². The number of H-pyrrole nitrogens is 1. The predicted molar refractivity (Wildman–Crippen MR) is 92.4 cm³/mol. The zero-order valence-corrected chi connectivity index (χ0v) is 13.7. The van der Waals surface area contributed by atoms with E-state index in [0.717, 1.165) is 5.56 Å². The summed E-state index contributed by atoms with van der Waals surface area (Å²) in [4.78, 5) is 27.1. The first-order chi connectivity index (χ1) is 12.6. The van der Waals surface area contributed by atoms with Gasteiger partial charge in [0.1, 0.15) is 12.4 Å². The molecule has 1 heterocycles. The number of aromatic nitrogens is 1. The lowest BCUT2D eigenvalue weighted by Crippen LogP contribution is -2.34. The fourth-order valence-electron chi connectivity index (χ4n) is 2.56. The molecule has 7 heteroatoms. The van der Waals surface area contributed by atoms with Gasteiger partial charge < -0.3 is 15.0 Å². The standard InChI is InChI=1S/C19H16F2N2O3/c20-16(21)10-23-19(25)18(24)13-9-22-14-7-4-8-15(17(13)14)26-11-12-5-2-1-3-6-12/h1-9,16,22H,10-11H2,(H,23,25). The lowest BCUT2D eigenvalue weighted by atomic mass is 10.1. The smallest absolute Gasteiger partial charge is 0.292 e. The fourth-order valence-corrected chi connectivity index (χ4v) is 2.56. The highest BCUT2D eigenvalue weighted by atomic mass is 19.3. The Labute approximate surface area is 148 Å². The Morgan fingerprint density at radius 1 is 1.08 bits per heavy atom. The Kier molecular flexibility index (Phi) is 5.26. The minimum absolute atomic E-state index is 0.0791. The van der Waals surface area contributed by atoms with Gasteiger partial charge in [-0.05, 0) is 17.7 Å². The van der Waals surface area contributed by atoms with E-state index in [4.69, 9.17) is 4.74 Å². The molecule has 0 fully saturated rings. The number of Topliss-reactive ketones (excluding diaryl/α,β-unsaturated/α-hetero) is 1. The molecular weight excluding hydrogens is 342 g/mol. The van der Waals surface area contributed by atoms with E-state index in [-0.39, 0.29) is 12.2 Å². The van der Waals surface area contributed by atoms with Crippen LogP contribution in [0, 0.1) is 0 Å². The molecule has 2 N–H and O–H groups in total. The van der Waals surface area contributed by atoms with Crippen LogP contribution in [0.2, 0.25) is 0 Å². The molecule has 0 radical (unpaired) electrons. The second-order valence-corrected chi connectivity index (χ2v) is 5.59. The highest BCUT2D eigenvalue weighted by molar-refractivity contribution is 6.45. The summed E-state index contributed by atoms with van der Waals surface area (Å²) in [6, 6.07) is 14.7. The number of fused-ring (bicyclic) bond motifs is 1. The zero-order valence-electron chi connectivity index (χ0n) is 13.7. The quantitative estimate of drug-likeness (QED) is 0.503. The molecule has 0 aliphatic heterocycles. The predicted octanol–water partition coefficient (Wildman–Crippen LogP) is 3.31. The first-order valence-electron chi connectivity index (χ1n) is 7.93. The summed E-state index contributed by atoms with van der Waals surface area (Å²) in [5.74, 6) is -1.55. The van der Waals surface area contributed by atoms with Gasteiger partial charge in [0.2, 0.25) is 0 Å². The van der Waals surface area contributed by atoms with Gasteiger partial charge in [-0.2, -0.15) is 0 Å². The number of alkyl halides is 2. The van der Waals surface area contributed by atoms with Gasteiger partial charge in [-0.1, -0.05) is 36.4 Å². The molecule has 0 spiro atoms. The number of rotatable bonds is 7. The summed E-state index contributed by atoms with van der Waals surface area (Å²) in [6.07, 6.45) is -1.34. The summed E-state index contributed by atoms with van der Waals surface area (Å²) >= 11 is 0. The van der Waals surface area contributed by atoms with Crippen LogP contribution in [0.5, 0.6) is 5.75 Å². The topological polar surface area (TPSA) is 71.2 Å². The number of hydrogen-bond donors (Lipinski definition) is 2. The molecule has 2 aromatic carbocycles. The Hall–Kier alpha value is -3.22. The molecule has 3 rings (SSSR count). The first kappa shape index (κ1) is 17.6. The molecule has 1 amide bonds. The van der Waals surface area contributed by atoms with E-state index in [9.17, 15) is 18.4 Å². The molecule has 0 bridgehead atoms. The average molecular weight is 358 g/mol. The van der Waals surface area contributed by atoms with Crippen molar-refractivity contribution in [3.63, 3.8) is 0 Å². The number of hydrogen-bond acceptors (Lipinski definition) is 3. The molecule has 0 saturated carbocycles. The summed E-state index contributed by atoms with van der Waals surface area (Å²) in [7, 11) is 0. The van der Waals surface area contributed by atoms with E-state index in [1.54, 1.807) is 18.2 Å². The summed E-state index contributed by atoms with van der Waals surface area (Å²) in [6.45, 7) is -0.583. The first-order valence-corrected chi connectivity index (χ1v) is 7.93. The van der Waals surface area contributed by atoms with E-state index in [1.807, 2.05) is 35.6 Å². The molecule has 0 unspecified atom stereocenters. The fraction of sp³-hybridized carbons (Fsp3) is 0.158. The summed E-state index contributed by atoms with van der Waals surface area (Å²) in [5.41, 5.74) is 1.64. The molecule has 0 aliphatic rings. The van der Waals surface area contributed by atoms with Crippen molar-refractivity contribution in [2.75, 3.05) is 6.54 Å². The zero-order chi connectivity index (χ0) is 18.5. The maximum absolute atomic E-state index is 12.3. The molecular formula is C19H16F2N2O3. The van der Waals surface area contributed by atoms with E-state index in [1.165, 1.54) is 6.20 Å². The van der Waals surface area contributed by atoms with Crippen LogP contribution in [0.3, 0.4) is 0 Å². The van der Waals surface area contributed by atoms with Crippen molar-refractivity contribution in [3.8, 4) is 5.75 Å². The maximum Gasteiger partial charge on any atom is 0.292 e. The molecule has 1 aromatic heterocycles.